The number of nitro groups is 1. The highest BCUT2D eigenvalue weighted by molar-refractivity contribution is 7.92. The molecule has 0 bridgehead atoms. The van der Waals surface area contributed by atoms with E-state index in [0.29, 0.717) is 0 Å². The van der Waals surface area contributed by atoms with Gasteiger partial charge in [-0.2, -0.15) is 0 Å². The van der Waals surface area contributed by atoms with Crippen molar-refractivity contribution in [2.24, 2.45) is 0 Å². The van der Waals surface area contributed by atoms with Crippen molar-refractivity contribution in [3.63, 3.8) is 0 Å². The Morgan fingerprint density at radius 1 is 0.929 bits per heavy atom. The largest absolute Gasteiger partial charge is 0.352 e. The Bertz CT molecular complexity index is 1480. The lowest BCUT2D eigenvalue weighted by atomic mass is 9.94. The van der Waals surface area contributed by atoms with Crippen molar-refractivity contribution in [1.82, 2.24) is 10.2 Å². The molecule has 0 heterocycles. The molecule has 0 radical (unpaired) electrons. The summed E-state index contributed by atoms with van der Waals surface area (Å²) >= 11 is 0. The first-order chi connectivity index (χ1) is 20.1. The number of carbonyl (C=O) groups is 2. The fourth-order valence-electron chi connectivity index (χ4n) is 5.25. The van der Waals surface area contributed by atoms with Crippen LogP contribution >= 0.6 is 0 Å². The predicted octanol–water partition coefficient (Wildman–Crippen LogP) is 4.45. The second kappa shape index (κ2) is 14.1. The van der Waals surface area contributed by atoms with Crippen molar-refractivity contribution in [3.05, 3.63) is 106 Å². The van der Waals surface area contributed by atoms with Crippen molar-refractivity contribution in [2.45, 2.75) is 57.2 Å². The number of nitrogens with zero attached hydrogens (tertiary/aromatic N) is 3. The normalized spacial score (nSPS) is 14.5. The molecule has 0 spiro atoms. The van der Waals surface area contributed by atoms with Gasteiger partial charge in [0.05, 0.1) is 16.9 Å². The number of sulfonamides is 1. The number of hydrogen-bond acceptors (Lipinski definition) is 6. The topological polar surface area (TPSA) is 130 Å². The number of nitro benzene ring substituents is 1. The zero-order chi connectivity index (χ0) is 30.1. The molecular formula is C31H36N4O6S. The maximum Gasteiger partial charge on any atom is 0.271 e. The molecule has 3 aromatic rings. The molecule has 1 N–H and O–H groups in total. The number of anilines is 1. The third kappa shape index (κ3) is 8.39. The quantitative estimate of drug-likeness (QED) is 0.244. The lowest BCUT2D eigenvalue weighted by molar-refractivity contribution is -0.384. The lowest BCUT2D eigenvalue weighted by Crippen LogP contribution is -2.55. The molecule has 1 atom stereocenters. The van der Waals surface area contributed by atoms with Crippen molar-refractivity contribution >= 4 is 33.2 Å². The third-order valence-electron chi connectivity index (χ3n) is 7.43. The molecule has 0 aliphatic heterocycles. The van der Waals surface area contributed by atoms with E-state index in [-0.39, 0.29) is 36.3 Å². The summed E-state index contributed by atoms with van der Waals surface area (Å²) in [4.78, 5) is 40.2. The van der Waals surface area contributed by atoms with Gasteiger partial charge in [0.15, 0.2) is 0 Å². The molecule has 11 heteroatoms. The highest BCUT2D eigenvalue weighted by Gasteiger charge is 2.34. The first-order valence-electron chi connectivity index (χ1n) is 14.0. The minimum Gasteiger partial charge on any atom is -0.352 e. The van der Waals surface area contributed by atoms with Crippen LogP contribution in [0.1, 0.15) is 43.2 Å². The number of rotatable bonds is 12. The number of carbonyl (C=O) groups excluding carboxylic acids is 2. The van der Waals surface area contributed by atoms with Gasteiger partial charge < -0.3 is 10.2 Å². The van der Waals surface area contributed by atoms with Gasteiger partial charge in [-0.15, -0.1) is 0 Å². The second-order valence-corrected chi connectivity index (χ2v) is 12.5. The van der Waals surface area contributed by atoms with Gasteiger partial charge in [0, 0.05) is 31.1 Å². The predicted molar refractivity (Wildman–Crippen MR) is 161 cm³/mol. The summed E-state index contributed by atoms with van der Waals surface area (Å²) in [5, 5.41) is 14.5. The summed E-state index contributed by atoms with van der Waals surface area (Å²) < 4.78 is 26.6. The van der Waals surface area contributed by atoms with E-state index in [0.717, 1.165) is 59.9 Å². The number of nitrogens with one attached hydrogen (secondary N) is 1. The van der Waals surface area contributed by atoms with Crippen molar-refractivity contribution in [1.29, 1.82) is 0 Å². The van der Waals surface area contributed by atoms with Gasteiger partial charge >= 0.3 is 0 Å². The molecule has 1 fully saturated rings. The van der Waals surface area contributed by atoms with Gasteiger partial charge in [0.25, 0.3) is 5.69 Å². The Morgan fingerprint density at radius 3 is 2.14 bits per heavy atom. The van der Waals surface area contributed by atoms with E-state index in [9.17, 15) is 28.1 Å². The Balaban J connectivity index is 1.72. The Hall–Kier alpha value is -4.25. The standard InChI is InChI=1S/C31H36N4O6S/c1-42(40,41)34(27-18-11-19-28(21-27)35(38)39)23-30(36)33(22-25-14-7-3-8-15-25)29(20-24-12-5-2-6-13-24)31(37)32-26-16-9-4-10-17-26/h2-3,5-8,11-15,18-19,21,26,29H,4,9-10,16-17,20,22-23H2,1H3,(H,32,37)/t29-/m1/s1. The molecule has 3 aromatic carbocycles. The van der Waals surface area contributed by atoms with Crippen molar-refractivity contribution in [2.75, 3.05) is 17.1 Å². The average molecular weight is 593 g/mol. The summed E-state index contributed by atoms with van der Waals surface area (Å²) in [6, 6.07) is 22.8. The maximum absolute atomic E-state index is 14.1. The number of non-ortho nitro benzene ring substituents is 1. The minimum atomic E-state index is -4.03. The monoisotopic (exact) mass is 592 g/mol. The van der Waals surface area contributed by atoms with Crippen LogP contribution < -0.4 is 9.62 Å². The van der Waals surface area contributed by atoms with Crippen molar-refractivity contribution in [3.8, 4) is 0 Å². The lowest BCUT2D eigenvalue weighted by Gasteiger charge is -2.35. The zero-order valence-electron chi connectivity index (χ0n) is 23.6. The van der Waals surface area contributed by atoms with Crippen LogP contribution in [0.5, 0.6) is 0 Å². The molecule has 222 valence electrons. The van der Waals surface area contributed by atoms with Crippen LogP contribution in [-0.2, 0) is 32.6 Å². The van der Waals surface area contributed by atoms with E-state index in [2.05, 4.69) is 5.32 Å². The number of benzene rings is 3. The number of hydrogen-bond donors (Lipinski definition) is 1. The highest BCUT2D eigenvalue weighted by Crippen LogP contribution is 2.25. The Labute approximate surface area is 246 Å². The maximum atomic E-state index is 14.1. The number of amides is 2. The second-order valence-electron chi connectivity index (χ2n) is 10.6. The zero-order valence-corrected chi connectivity index (χ0v) is 24.4. The summed E-state index contributed by atoms with van der Waals surface area (Å²) in [6.45, 7) is -0.559. The molecule has 1 aliphatic carbocycles. The Morgan fingerprint density at radius 2 is 1.55 bits per heavy atom. The van der Waals surface area contributed by atoms with E-state index in [1.165, 1.54) is 23.1 Å². The molecule has 2 amide bonds. The summed E-state index contributed by atoms with van der Waals surface area (Å²) in [5.41, 5.74) is 1.32. The molecule has 0 unspecified atom stereocenters. The van der Waals surface area contributed by atoms with E-state index in [1.54, 1.807) is 0 Å². The van der Waals surface area contributed by atoms with Gasteiger partial charge in [-0.1, -0.05) is 86.0 Å². The third-order valence-corrected chi connectivity index (χ3v) is 8.57. The minimum absolute atomic E-state index is 0.00835. The fraction of sp³-hybridized carbons (Fsp3) is 0.355. The van der Waals surface area contributed by atoms with Gasteiger partial charge in [-0.25, -0.2) is 8.42 Å². The van der Waals surface area contributed by atoms with Crippen LogP contribution in [0.2, 0.25) is 0 Å². The van der Waals surface area contributed by atoms with Crippen LogP contribution in [0.25, 0.3) is 0 Å². The van der Waals surface area contributed by atoms with Gasteiger partial charge in [0.1, 0.15) is 12.6 Å². The van der Waals surface area contributed by atoms with Crippen LogP contribution in [0, 0.1) is 10.1 Å². The smallest absolute Gasteiger partial charge is 0.271 e. The molecule has 42 heavy (non-hydrogen) atoms. The van der Waals surface area contributed by atoms with Crippen LogP contribution in [0.4, 0.5) is 11.4 Å². The van der Waals surface area contributed by atoms with Crippen LogP contribution in [0.15, 0.2) is 84.9 Å². The van der Waals surface area contributed by atoms with Crippen LogP contribution in [0.3, 0.4) is 0 Å². The molecule has 4 rings (SSSR count). The first-order valence-corrected chi connectivity index (χ1v) is 15.9. The molecular weight excluding hydrogens is 556 g/mol. The van der Waals surface area contributed by atoms with Crippen molar-refractivity contribution < 1.29 is 22.9 Å². The molecule has 1 aliphatic rings. The molecule has 1 saturated carbocycles. The fourth-order valence-corrected chi connectivity index (χ4v) is 6.10. The summed E-state index contributed by atoms with van der Waals surface area (Å²) in [6.07, 6.45) is 6.07. The van der Waals surface area contributed by atoms with E-state index in [4.69, 9.17) is 0 Å². The average Bonchev–Trinajstić information content (AvgIpc) is 2.98. The highest BCUT2D eigenvalue weighted by atomic mass is 32.2. The Kier molecular flexibility index (Phi) is 10.3. The molecule has 10 nitrogen and oxygen atoms in total. The molecule has 0 saturated heterocycles. The van der Waals surface area contributed by atoms with E-state index in [1.807, 2.05) is 60.7 Å². The first kappa shape index (κ1) is 30.7. The van der Waals surface area contributed by atoms with Gasteiger partial charge in [-0.3, -0.25) is 24.0 Å². The molecule has 0 aromatic heterocycles. The summed E-state index contributed by atoms with van der Waals surface area (Å²) in [5.74, 6) is -0.896. The van der Waals surface area contributed by atoms with Crippen LogP contribution in [-0.4, -0.2) is 54.9 Å². The summed E-state index contributed by atoms with van der Waals surface area (Å²) in [7, 11) is -4.03. The van der Waals surface area contributed by atoms with E-state index >= 15 is 0 Å². The van der Waals surface area contributed by atoms with Gasteiger partial charge in [0.2, 0.25) is 21.8 Å². The SMILES string of the molecule is CS(=O)(=O)N(CC(=O)N(Cc1ccccc1)[C@H](Cc1ccccc1)C(=O)NC1CCCCC1)c1cccc([N+](=O)[O-])c1. The van der Waals surface area contributed by atoms with E-state index < -0.39 is 33.4 Å². The van der Waals surface area contributed by atoms with Gasteiger partial charge in [-0.05, 0) is 30.0 Å².